The highest BCUT2D eigenvalue weighted by Crippen LogP contribution is 2.35. The van der Waals surface area contributed by atoms with Crippen LogP contribution < -0.4 is 5.32 Å². The van der Waals surface area contributed by atoms with Crippen molar-refractivity contribution in [3.8, 4) is 0 Å². The van der Waals surface area contributed by atoms with Crippen molar-refractivity contribution in [3.05, 3.63) is 17.0 Å². The quantitative estimate of drug-likeness (QED) is 0.848. The Labute approximate surface area is 134 Å². The van der Waals surface area contributed by atoms with Crippen molar-refractivity contribution in [1.82, 2.24) is 5.32 Å². The SMILES string of the molecule is CC1(C)CCC(NC(=O)Cc2ccc(S(=O)(=O)Cl)s2)CC1. The zero-order valence-electron chi connectivity index (χ0n) is 12.2. The van der Waals surface area contributed by atoms with Crippen molar-refractivity contribution >= 4 is 37.0 Å². The van der Waals surface area contributed by atoms with E-state index < -0.39 is 9.05 Å². The maximum atomic E-state index is 12.0. The molecule has 0 aromatic carbocycles. The van der Waals surface area contributed by atoms with Crippen LogP contribution in [0.1, 0.15) is 44.4 Å². The molecule has 7 heteroatoms. The van der Waals surface area contributed by atoms with Gasteiger partial charge >= 0.3 is 0 Å². The number of halogens is 1. The molecule has 0 unspecified atom stereocenters. The lowest BCUT2D eigenvalue weighted by Crippen LogP contribution is -2.39. The molecule has 0 saturated heterocycles. The van der Waals surface area contributed by atoms with Gasteiger partial charge in [0, 0.05) is 21.6 Å². The predicted molar refractivity (Wildman–Crippen MR) is 85.2 cm³/mol. The highest BCUT2D eigenvalue weighted by atomic mass is 35.7. The summed E-state index contributed by atoms with van der Waals surface area (Å²) in [5.74, 6) is -0.0555. The van der Waals surface area contributed by atoms with Crippen LogP contribution in [0.15, 0.2) is 16.3 Å². The maximum Gasteiger partial charge on any atom is 0.270 e. The molecule has 1 aromatic heterocycles. The van der Waals surface area contributed by atoms with Crippen molar-refractivity contribution in [2.75, 3.05) is 0 Å². The van der Waals surface area contributed by atoms with Gasteiger partial charge in [-0.25, -0.2) is 8.42 Å². The van der Waals surface area contributed by atoms with Gasteiger partial charge in [0.1, 0.15) is 4.21 Å². The Morgan fingerprint density at radius 2 is 2.00 bits per heavy atom. The summed E-state index contributed by atoms with van der Waals surface area (Å²) in [6.07, 6.45) is 4.45. The highest BCUT2D eigenvalue weighted by molar-refractivity contribution is 8.15. The molecular formula is C14H20ClNO3S2. The van der Waals surface area contributed by atoms with Crippen molar-refractivity contribution in [1.29, 1.82) is 0 Å². The number of carbonyl (C=O) groups excluding carboxylic acids is 1. The van der Waals surface area contributed by atoms with E-state index in [1.807, 2.05) is 0 Å². The van der Waals surface area contributed by atoms with Gasteiger partial charge in [-0.15, -0.1) is 11.3 Å². The molecule has 0 atom stereocenters. The van der Waals surface area contributed by atoms with Gasteiger partial charge in [-0.05, 0) is 43.2 Å². The minimum atomic E-state index is -3.70. The van der Waals surface area contributed by atoms with Gasteiger partial charge < -0.3 is 5.32 Å². The van der Waals surface area contributed by atoms with Gasteiger partial charge in [0.25, 0.3) is 9.05 Å². The number of amides is 1. The first-order valence-electron chi connectivity index (χ1n) is 6.98. The molecule has 0 aliphatic heterocycles. The summed E-state index contributed by atoms with van der Waals surface area (Å²) >= 11 is 1.05. The first-order chi connectivity index (χ1) is 9.66. The largest absolute Gasteiger partial charge is 0.353 e. The molecule has 1 saturated carbocycles. The third-order valence-corrected chi connectivity index (χ3v) is 7.09. The monoisotopic (exact) mass is 349 g/mol. The van der Waals surface area contributed by atoms with E-state index in [1.165, 1.54) is 6.07 Å². The molecule has 1 aliphatic rings. The van der Waals surface area contributed by atoms with Gasteiger partial charge in [-0.3, -0.25) is 4.79 Å². The molecular weight excluding hydrogens is 330 g/mol. The Balaban J connectivity index is 1.87. The zero-order chi connectivity index (χ0) is 15.7. The number of hydrogen-bond donors (Lipinski definition) is 1. The molecule has 1 aliphatic carbocycles. The Bertz CT molecular complexity index is 612. The van der Waals surface area contributed by atoms with Crippen LogP contribution >= 0.6 is 22.0 Å². The van der Waals surface area contributed by atoms with Crippen molar-refractivity contribution in [2.24, 2.45) is 5.41 Å². The average Bonchev–Trinajstić information content (AvgIpc) is 2.80. The molecule has 1 aromatic rings. The van der Waals surface area contributed by atoms with Crippen molar-refractivity contribution in [3.63, 3.8) is 0 Å². The lowest BCUT2D eigenvalue weighted by molar-refractivity contribution is -0.121. The molecule has 1 fully saturated rings. The summed E-state index contributed by atoms with van der Waals surface area (Å²) in [6.45, 7) is 4.51. The van der Waals surface area contributed by atoms with Gasteiger partial charge in [0.15, 0.2) is 0 Å². The topological polar surface area (TPSA) is 63.2 Å². The molecule has 0 bridgehead atoms. The number of hydrogen-bond acceptors (Lipinski definition) is 4. The number of rotatable bonds is 4. The van der Waals surface area contributed by atoms with E-state index in [2.05, 4.69) is 19.2 Å². The molecule has 1 heterocycles. The molecule has 0 radical (unpaired) electrons. The van der Waals surface area contributed by atoms with E-state index in [4.69, 9.17) is 10.7 Å². The fraction of sp³-hybridized carbons (Fsp3) is 0.643. The van der Waals surface area contributed by atoms with Gasteiger partial charge in [-0.1, -0.05) is 13.8 Å². The smallest absolute Gasteiger partial charge is 0.270 e. The van der Waals surface area contributed by atoms with E-state index in [0.29, 0.717) is 10.3 Å². The van der Waals surface area contributed by atoms with Crippen molar-refractivity contribution in [2.45, 2.75) is 56.2 Å². The predicted octanol–water partition coefficient (Wildman–Crippen LogP) is 3.30. The van der Waals surface area contributed by atoms with E-state index in [9.17, 15) is 13.2 Å². The number of thiophene rings is 1. The fourth-order valence-corrected chi connectivity index (χ4v) is 4.69. The van der Waals surface area contributed by atoms with Crippen LogP contribution in [-0.2, 0) is 20.3 Å². The van der Waals surface area contributed by atoms with Crippen LogP contribution in [-0.4, -0.2) is 20.4 Å². The van der Waals surface area contributed by atoms with Crippen LogP contribution in [0, 0.1) is 5.41 Å². The minimum Gasteiger partial charge on any atom is -0.353 e. The first kappa shape index (κ1) is 16.8. The van der Waals surface area contributed by atoms with E-state index >= 15 is 0 Å². The third kappa shape index (κ3) is 4.97. The summed E-state index contributed by atoms with van der Waals surface area (Å²) in [7, 11) is 1.57. The van der Waals surface area contributed by atoms with E-state index in [0.717, 1.165) is 37.0 Å². The van der Waals surface area contributed by atoms with Gasteiger partial charge in [0.05, 0.1) is 6.42 Å². The lowest BCUT2D eigenvalue weighted by atomic mass is 9.75. The van der Waals surface area contributed by atoms with Crippen LogP contribution in [0.25, 0.3) is 0 Å². The molecule has 4 nitrogen and oxygen atoms in total. The first-order valence-corrected chi connectivity index (χ1v) is 10.1. The maximum absolute atomic E-state index is 12.0. The van der Waals surface area contributed by atoms with Crippen molar-refractivity contribution < 1.29 is 13.2 Å². The fourth-order valence-electron chi connectivity index (χ4n) is 2.56. The summed E-state index contributed by atoms with van der Waals surface area (Å²) < 4.78 is 22.5. The van der Waals surface area contributed by atoms with Crippen LogP contribution in [0.3, 0.4) is 0 Å². The third-order valence-electron chi connectivity index (χ3n) is 3.92. The van der Waals surface area contributed by atoms with Crippen LogP contribution in [0.5, 0.6) is 0 Å². The summed E-state index contributed by atoms with van der Waals surface area (Å²) in [5.41, 5.74) is 0.374. The number of carbonyl (C=O) groups is 1. The molecule has 118 valence electrons. The molecule has 0 spiro atoms. The molecule has 2 rings (SSSR count). The van der Waals surface area contributed by atoms with Gasteiger partial charge in [0.2, 0.25) is 5.91 Å². The second kappa shape index (κ2) is 6.26. The van der Waals surface area contributed by atoms with E-state index in [1.54, 1.807) is 6.07 Å². The number of nitrogens with one attached hydrogen (secondary N) is 1. The Kier molecular flexibility index (Phi) is 5.00. The molecule has 21 heavy (non-hydrogen) atoms. The minimum absolute atomic E-state index is 0.0555. The highest BCUT2D eigenvalue weighted by Gasteiger charge is 2.27. The lowest BCUT2D eigenvalue weighted by Gasteiger charge is -2.34. The summed E-state index contributed by atoms with van der Waals surface area (Å²) in [5, 5.41) is 3.04. The second-order valence-electron chi connectivity index (χ2n) is 6.34. The standard InChI is InChI=1S/C14H20ClNO3S2/c1-14(2)7-5-10(6-8-14)16-12(17)9-11-3-4-13(20-11)21(15,18)19/h3-4,10H,5-9H2,1-2H3,(H,16,17). The summed E-state index contributed by atoms with van der Waals surface area (Å²) in [6, 6.07) is 3.32. The summed E-state index contributed by atoms with van der Waals surface area (Å²) in [4.78, 5) is 12.7. The van der Waals surface area contributed by atoms with Crippen LogP contribution in [0.2, 0.25) is 0 Å². The Morgan fingerprint density at radius 1 is 1.38 bits per heavy atom. The normalized spacial score (nSPS) is 19.4. The van der Waals surface area contributed by atoms with Gasteiger partial charge in [-0.2, -0.15) is 0 Å². The zero-order valence-corrected chi connectivity index (χ0v) is 14.6. The second-order valence-corrected chi connectivity index (χ2v) is 10.3. The van der Waals surface area contributed by atoms with Crippen LogP contribution in [0.4, 0.5) is 0 Å². The Hall–Kier alpha value is -0.590. The van der Waals surface area contributed by atoms with E-state index in [-0.39, 0.29) is 22.6 Å². The average molecular weight is 350 g/mol. The Morgan fingerprint density at radius 3 is 2.52 bits per heavy atom. The molecule has 1 N–H and O–H groups in total. The molecule has 1 amide bonds.